The van der Waals surface area contributed by atoms with Gasteiger partial charge in [0, 0.05) is 9.93 Å². The van der Waals surface area contributed by atoms with Gasteiger partial charge in [0.2, 0.25) is 0 Å². The largest absolute Gasteiger partial charge is 0.465 e. The molecule has 0 amide bonds. The average molecular weight is 240 g/mol. The van der Waals surface area contributed by atoms with Crippen molar-refractivity contribution in [3.63, 3.8) is 0 Å². The summed E-state index contributed by atoms with van der Waals surface area (Å²) in [5.41, 5.74) is 8.95. The van der Waals surface area contributed by atoms with Crippen molar-refractivity contribution in [2.75, 3.05) is 6.61 Å². The van der Waals surface area contributed by atoms with Crippen molar-refractivity contribution in [2.24, 2.45) is 5.11 Å². The van der Waals surface area contributed by atoms with E-state index in [9.17, 15) is 4.79 Å². The lowest BCUT2D eigenvalue weighted by Gasteiger charge is -2.10. The molecular formula is C10H10ClN3O2. The Morgan fingerprint density at radius 3 is 2.69 bits per heavy atom. The van der Waals surface area contributed by atoms with Gasteiger partial charge < -0.3 is 4.74 Å². The number of carbonyl (C=O) groups excluding carboxylic acids is 1. The maximum Gasteiger partial charge on any atom is 0.319 e. The normalized spacial score (nSPS) is 11.4. The van der Waals surface area contributed by atoms with Gasteiger partial charge >= 0.3 is 5.97 Å². The van der Waals surface area contributed by atoms with Crippen LogP contribution in [-0.4, -0.2) is 12.6 Å². The summed E-state index contributed by atoms with van der Waals surface area (Å²) in [5, 5.41) is 3.95. The van der Waals surface area contributed by atoms with Gasteiger partial charge in [-0.1, -0.05) is 28.8 Å². The van der Waals surface area contributed by atoms with Gasteiger partial charge in [-0.25, -0.2) is 0 Å². The molecule has 1 rings (SSSR count). The van der Waals surface area contributed by atoms with Crippen molar-refractivity contribution >= 4 is 17.6 Å². The molecule has 6 heteroatoms. The number of halogens is 1. The first-order valence-corrected chi connectivity index (χ1v) is 5.03. The molecule has 0 aliphatic rings. The van der Waals surface area contributed by atoms with Crippen LogP contribution in [0.3, 0.4) is 0 Å². The Labute approximate surface area is 97.6 Å². The van der Waals surface area contributed by atoms with Crippen LogP contribution in [0.15, 0.2) is 29.4 Å². The molecule has 84 valence electrons. The molecular weight excluding hydrogens is 230 g/mol. The van der Waals surface area contributed by atoms with Crippen molar-refractivity contribution < 1.29 is 9.53 Å². The van der Waals surface area contributed by atoms with Crippen LogP contribution in [0.4, 0.5) is 0 Å². The number of azide groups is 1. The fraction of sp³-hybridized carbons (Fsp3) is 0.300. The van der Waals surface area contributed by atoms with Crippen molar-refractivity contribution in [3.8, 4) is 0 Å². The molecule has 0 heterocycles. The van der Waals surface area contributed by atoms with Crippen LogP contribution in [0.2, 0.25) is 5.02 Å². The summed E-state index contributed by atoms with van der Waals surface area (Å²) in [6.45, 7) is 1.93. The summed E-state index contributed by atoms with van der Waals surface area (Å²) in [6, 6.07) is 5.53. The Kier molecular flexibility index (Phi) is 4.64. The third-order valence-corrected chi connectivity index (χ3v) is 2.11. The minimum Gasteiger partial charge on any atom is -0.465 e. The molecule has 1 unspecified atom stereocenters. The molecule has 5 nitrogen and oxygen atoms in total. The molecule has 16 heavy (non-hydrogen) atoms. The molecule has 0 saturated heterocycles. The molecule has 0 aliphatic heterocycles. The Hall–Kier alpha value is -1.71. The molecule has 0 bridgehead atoms. The zero-order chi connectivity index (χ0) is 12.0. The van der Waals surface area contributed by atoms with Crippen LogP contribution in [0.1, 0.15) is 18.5 Å². The second kappa shape index (κ2) is 6.00. The molecule has 1 atom stereocenters. The van der Waals surface area contributed by atoms with E-state index in [0.717, 1.165) is 0 Å². The summed E-state index contributed by atoms with van der Waals surface area (Å²) >= 11 is 5.71. The predicted octanol–water partition coefficient (Wildman–Crippen LogP) is 3.25. The predicted molar refractivity (Wildman–Crippen MR) is 60.0 cm³/mol. The van der Waals surface area contributed by atoms with Crippen molar-refractivity contribution in [1.82, 2.24) is 0 Å². The van der Waals surface area contributed by atoms with Gasteiger partial charge in [-0.05, 0) is 30.2 Å². The van der Waals surface area contributed by atoms with E-state index in [0.29, 0.717) is 10.6 Å². The second-order valence-electron chi connectivity index (χ2n) is 2.91. The summed E-state index contributed by atoms with van der Waals surface area (Å²) in [7, 11) is 0. The first kappa shape index (κ1) is 12.4. The van der Waals surface area contributed by atoms with Crippen LogP contribution in [-0.2, 0) is 9.53 Å². The minimum atomic E-state index is -0.956. The lowest BCUT2D eigenvalue weighted by Crippen LogP contribution is -2.13. The van der Waals surface area contributed by atoms with Crippen LogP contribution in [0.5, 0.6) is 0 Å². The number of nitrogens with zero attached hydrogens (tertiary/aromatic N) is 3. The Balaban J connectivity index is 2.97. The van der Waals surface area contributed by atoms with Gasteiger partial charge in [-0.3, -0.25) is 4.79 Å². The van der Waals surface area contributed by atoms with E-state index in [1.807, 2.05) is 0 Å². The van der Waals surface area contributed by atoms with E-state index < -0.39 is 12.0 Å². The average Bonchev–Trinajstić information content (AvgIpc) is 2.28. The minimum absolute atomic E-state index is 0.240. The van der Waals surface area contributed by atoms with E-state index in [-0.39, 0.29) is 6.61 Å². The van der Waals surface area contributed by atoms with Gasteiger partial charge in [0.15, 0.2) is 6.04 Å². The van der Waals surface area contributed by atoms with Gasteiger partial charge in [-0.15, -0.1) is 0 Å². The number of rotatable bonds is 4. The van der Waals surface area contributed by atoms with Crippen LogP contribution < -0.4 is 0 Å². The Bertz CT molecular complexity index is 413. The standard InChI is InChI=1S/C10H10ClN3O2/c1-2-16-10(15)9(13-14-12)7-3-5-8(11)6-4-7/h3-6,9H,2H2,1H3. The Morgan fingerprint density at radius 2 is 2.19 bits per heavy atom. The van der Waals surface area contributed by atoms with Gasteiger partial charge in [-0.2, -0.15) is 0 Å². The number of benzene rings is 1. The van der Waals surface area contributed by atoms with Crippen LogP contribution >= 0.6 is 11.6 Å². The summed E-state index contributed by atoms with van der Waals surface area (Å²) in [4.78, 5) is 14.1. The van der Waals surface area contributed by atoms with E-state index in [4.69, 9.17) is 21.9 Å². The van der Waals surface area contributed by atoms with Gasteiger partial charge in [0.1, 0.15) is 0 Å². The first-order chi connectivity index (χ1) is 7.69. The van der Waals surface area contributed by atoms with Crippen LogP contribution in [0, 0.1) is 0 Å². The number of hydrogen-bond acceptors (Lipinski definition) is 3. The monoisotopic (exact) mass is 239 g/mol. The maximum atomic E-state index is 11.5. The third-order valence-electron chi connectivity index (χ3n) is 1.86. The summed E-state index contributed by atoms with van der Waals surface area (Å²) in [6.07, 6.45) is 0. The number of esters is 1. The molecule has 0 saturated carbocycles. The fourth-order valence-electron chi connectivity index (χ4n) is 1.17. The molecule has 0 aromatic heterocycles. The summed E-state index contributed by atoms with van der Waals surface area (Å²) < 4.78 is 4.80. The van der Waals surface area contributed by atoms with Gasteiger partial charge in [0.25, 0.3) is 0 Å². The molecule has 0 aliphatic carbocycles. The zero-order valence-electron chi connectivity index (χ0n) is 8.63. The van der Waals surface area contributed by atoms with E-state index in [2.05, 4.69) is 10.0 Å². The highest BCUT2D eigenvalue weighted by Crippen LogP contribution is 2.21. The topological polar surface area (TPSA) is 75.1 Å². The highest BCUT2D eigenvalue weighted by atomic mass is 35.5. The number of carbonyl (C=O) groups is 1. The fourth-order valence-corrected chi connectivity index (χ4v) is 1.29. The van der Waals surface area contributed by atoms with E-state index >= 15 is 0 Å². The second-order valence-corrected chi connectivity index (χ2v) is 3.35. The number of hydrogen-bond donors (Lipinski definition) is 0. The third kappa shape index (κ3) is 3.15. The SMILES string of the molecule is CCOC(=O)C(N=[N+]=[N-])c1ccc(Cl)cc1. The molecule has 0 radical (unpaired) electrons. The smallest absolute Gasteiger partial charge is 0.319 e. The lowest BCUT2D eigenvalue weighted by atomic mass is 10.1. The van der Waals surface area contributed by atoms with E-state index in [1.165, 1.54) is 0 Å². The van der Waals surface area contributed by atoms with E-state index in [1.54, 1.807) is 31.2 Å². The van der Waals surface area contributed by atoms with Gasteiger partial charge in [0.05, 0.1) is 6.61 Å². The van der Waals surface area contributed by atoms with Crippen molar-refractivity contribution in [1.29, 1.82) is 0 Å². The highest BCUT2D eigenvalue weighted by Gasteiger charge is 2.20. The molecule has 0 fully saturated rings. The van der Waals surface area contributed by atoms with Crippen LogP contribution in [0.25, 0.3) is 10.4 Å². The van der Waals surface area contributed by atoms with Crippen molar-refractivity contribution in [3.05, 3.63) is 45.3 Å². The molecule has 1 aromatic rings. The number of ether oxygens (including phenoxy) is 1. The highest BCUT2D eigenvalue weighted by molar-refractivity contribution is 6.30. The quantitative estimate of drug-likeness (QED) is 0.350. The lowest BCUT2D eigenvalue weighted by molar-refractivity contribution is -0.144. The maximum absolute atomic E-state index is 11.5. The summed E-state index contributed by atoms with van der Waals surface area (Å²) in [5.74, 6) is -0.567. The molecule has 0 spiro atoms. The van der Waals surface area contributed by atoms with Crippen molar-refractivity contribution in [2.45, 2.75) is 13.0 Å². The zero-order valence-corrected chi connectivity index (χ0v) is 9.39. The molecule has 0 N–H and O–H groups in total. The molecule has 1 aromatic carbocycles. The first-order valence-electron chi connectivity index (χ1n) is 4.65. The Morgan fingerprint density at radius 1 is 1.56 bits per heavy atom.